The Labute approximate surface area is 123 Å². The van der Waals surface area contributed by atoms with Crippen molar-refractivity contribution in [2.75, 3.05) is 26.3 Å². The summed E-state index contributed by atoms with van der Waals surface area (Å²) in [5, 5.41) is 10.1. The zero-order valence-corrected chi connectivity index (χ0v) is 12.0. The van der Waals surface area contributed by atoms with Gasteiger partial charge in [-0.2, -0.15) is 0 Å². The number of benzene rings is 1. The van der Waals surface area contributed by atoms with Crippen molar-refractivity contribution in [2.24, 2.45) is 0 Å². The number of morpholine rings is 1. The maximum absolute atomic E-state index is 12.4. The quantitative estimate of drug-likeness (QED) is 0.868. The Morgan fingerprint density at radius 1 is 1.43 bits per heavy atom. The largest absolute Gasteiger partial charge is 0.453 e. The van der Waals surface area contributed by atoms with Gasteiger partial charge in [0.1, 0.15) is 5.58 Å². The molecule has 2 atom stereocenters. The Bertz CT molecular complexity index is 603. The Balaban J connectivity index is 1.72. The average Bonchev–Trinajstić information content (AvgIpc) is 2.93. The number of rotatable bonds is 4. The summed E-state index contributed by atoms with van der Waals surface area (Å²) in [7, 11) is 0. The van der Waals surface area contributed by atoms with E-state index in [0.717, 1.165) is 11.0 Å². The van der Waals surface area contributed by atoms with E-state index in [1.165, 1.54) is 0 Å². The summed E-state index contributed by atoms with van der Waals surface area (Å²) in [6, 6.07) is 9.52. The van der Waals surface area contributed by atoms with Crippen LogP contribution in [0, 0.1) is 0 Å². The van der Waals surface area contributed by atoms with Crippen LogP contribution in [0.15, 0.2) is 34.7 Å². The van der Waals surface area contributed by atoms with Crippen molar-refractivity contribution in [3.8, 4) is 0 Å². The van der Waals surface area contributed by atoms with Crippen LogP contribution >= 0.6 is 0 Å². The molecule has 0 bridgehead atoms. The number of carbonyl (C=O) groups is 1. The second-order valence-electron chi connectivity index (χ2n) is 5.49. The molecule has 0 spiro atoms. The van der Waals surface area contributed by atoms with E-state index in [1.807, 2.05) is 36.1 Å². The van der Waals surface area contributed by atoms with Gasteiger partial charge in [-0.3, -0.25) is 9.69 Å². The summed E-state index contributed by atoms with van der Waals surface area (Å²) < 4.78 is 11.1. The zero-order chi connectivity index (χ0) is 14.8. The van der Waals surface area contributed by atoms with Crippen LogP contribution in [0.4, 0.5) is 0 Å². The lowest BCUT2D eigenvalue weighted by Crippen LogP contribution is -2.51. The summed E-state index contributed by atoms with van der Waals surface area (Å²) >= 11 is 0. The highest BCUT2D eigenvalue weighted by molar-refractivity contribution is 5.98. The maximum atomic E-state index is 12.4. The van der Waals surface area contributed by atoms with Crippen LogP contribution in [0.1, 0.15) is 17.5 Å². The molecule has 1 aliphatic rings. The van der Waals surface area contributed by atoms with Gasteiger partial charge < -0.3 is 14.3 Å². The number of hydrogen-bond donors (Lipinski definition) is 1. The minimum absolute atomic E-state index is 0.0257. The predicted molar refractivity (Wildman–Crippen MR) is 78.4 cm³/mol. The van der Waals surface area contributed by atoms with E-state index in [2.05, 4.69) is 0 Å². The molecule has 112 valence electrons. The molecule has 5 nitrogen and oxygen atoms in total. The number of Topliss-reactive ketones (excluding diaryl/α,β-unsaturated/α-hetero) is 1. The van der Waals surface area contributed by atoms with E-state index >= 15 is 0 Å². The van der Waals surface area contributed by atoms with Crippen LogP contribution in [-0.2, 0) is 4.74 Å². The minimum Gasteiger partial charge on any atom is -0.453 e. The number of ether oxygens (including phenoxy) is 1. The molecule has 3 rings (SSSR count). The Morgan fingerprint density at radius 3 is 3.00 bits per heavy atom. The number of carbonyl (C=O) groups excluding carboxylic acids is 1. The van der Waals surface area contributed by atoms with Crippen molar-refractivity contribution in [2.45, 2.75) is 19.1 Å². The molecule has 5 heteroatoms. The van der Waals surface area contributed by atoms with Gasteiger partial charge in [0.05, 0.1) is 25.9 Å². The first kappa shape index (κ1) is 14.3. The maximum Gasteiger partial charge on any atom is 0.211 e. The van der Waals surface area contributed by atoms with Crippen molar-refractivity contribution < 1.29 is 19.1 Å². The second kappa shape index (κ2) is 5.97. The molecule has 1 aromatic heterocycles. The van der Waals surface area contributed by atoms with Crippen molar-refractivity contribution in [1.29, 1.82) is 0 Å². The lowest BCUT2D eigenvalue weighted by atomic mass is 10.1. The highest BCUT2D eigenvalue weighted by Crippen LogP contribution is 2.20. The molecule has 0 radical (unpaired) electrons. The van der Waals surface area contributed by atoms with Gasteiger partial charge >= 0.3 is 0 Å². The van der Waals surface area contributed by atoms with Crippen LogP contribution in [-0.4, -0.2) is 54.2 Å². The van der Waals surface area contributed by atoms with Gasteiger partial charge in [0.15, 0.2) is 5.76 Å². The molecule has 0 saturated carbocycles. The van der Waals surface area contributed by atoms with Crippen molar-refractivity contribution in [1.82, 2.24) is 4.90 Å². The van der Waals surface area contributed by atoms with Gasteiger partial charge in [0, 0.05) is 18.0 Å². The van der Waals surface area contributed by atoms with Crippen molar-refractivity contribution in [3.05, 3.63) is 36.1 Å². The van der Waals surface area contributed by atoms with Crippen LogP contribution < -0.4 is 0 Å². The molecule has 0 amide bonds. The van der Waals surface area contributed by atoms with Gasteiger partial charge in [-0.05, 0) is 19.1 Å². The summed E-state index contributed by atoms with van der Waals surface area (Å²) in [5.74, 6) is 0.340. The van der Waals surface area contributed by atoms with Gasteiger partial charge in [-0.25, -0.2) is 0 Å². The normalized spacial score (nSPS) is 23.5. The van der Waals surface area contributed by atoms with Crippen LogP contribution in [0.3, 0.4) is 0 Å². The van der Waals surface area contributed by atoms with E-state index in [4.69, 9.17) is 9.15 Å². The fraction of sp³-hybridized carbons (Fsp3) is 0.438. The third-order valence-electron chi connectivity index (χ3n) is 3.89. The molecular weight excluding hydrogens is 270 g/mol. The molecule has 21 heavy (non-hydrogen) atoms. The van der Waals surface area contributed by atoms with E-state index in [-0.39, 0.29) is 31.1 Å². The molecule has 2 aromatic rings. The number of aliphatic hydroxyl groups is 1. The molecule has 1 fully saturated rings. The fourth-order valence-electron chi connectivity index (χ4n) is 2.59. The Morgan fingerprint density at radius 2 is 2.24 bits per heavy atom. The van der Waals surface area contributed by atoms with E-state index < -0.39 is 0 Å². The molecule has 0 aliphatic carbocycles. The monoisotopic (exact) mass is 289 g/mol. The zero-order valence-electron chi connectivity index (χ0n) is 12.0. The van der Waals surface area contributed by atoms with E-state index in [0.29, 0.717) is 18.9 Å². The third kappa shape index (κ3) is 3.00. The van der Waals surface area contributed by atoms with Gasteiger partial charge in [-0.1, -0.05) is 18.2 Å². The highest BCUT2D eigenvalue weighted by Gasteiger charge is 2.28. The molecule has 1 N–H and O–H groups in total. The Kier molecular flexibility index (Phi) is 4.05. The van der Waals surface area contributed by atoms with Crippen molar-refractivity contribution >= 4 is 16.8 Å². The number of ketones is 1. The van der Waals surface area contributed by atoms with E-state index in [1.54, 1.807) is 6.07 Å². The number of para-hydroxylation sites is 1. The van der Waals surface area contributed by atoms with Gasteiger partial charge in [-0.15, -0.1) is 0 Å². The van der Waals surface area contributed by atoms with Gasteiger partial charge in [0.25, 0.3) is 0 Å². The minimum atomic E-state index is -0.218. The number of nitrogens with zero attached hydrogens (tertiary/aromatic N) is 1. The van der Waals surface area contributed by atoms with Crippen LogP contribution in [0.5, 0.6) is 0 Å². The van der Waals surface area contributed by atoms with Crippen LogP contribution in [0.25, 0.3) is 11.0 Å². The molecular formula is C16H19NO4. The first-order valence-corrected chi connectivity index (χ1v) is 7.15. The van der Waals surface area contributed by atoms with Crippen molar-refractivity contribution in [3.63, 3.8) is 0 Å². The highest BCUT2D eigenvalue weighted by atomic mass is 16.5. The first-order valence-electron chi connectivity index (χ1n) is 7.15. The lowest BCUT2D eigenvalue weighted by molar-refractivity contribution is -0.0748. The summed E-state index contributed by atoms with van der Waals surface area (Å²) in [5.41, 5.74) is 0.726. The average molecular weight is 289 g/mol. The molecule has 1 saturated heterocycles. The Hall–Kier alpha value is -1.69. The van der Waals surface area contributed by atoms with Crippen LogP contribution in [0.2, 0.25) is 0 Å². The number of aliphatic hydroxyl groups excluding tert-OH is 1. The lowest BCUT2D eigenvalue weighted by Gasteiger charge is -2.36. The number of furan rings is 1. The molecule has 2 unspecified atom stereocenters. The summed E-state index contributed by atoms with van der Waals surface area (Å²) in [6.45, 7) is 3.35. The second-order valence-corrected chi connectivity index (χ2v) is 5.49. The third-order valence-corrected chi connectivity index (χ3v) is 3.89. The summed E-state index contributed by atoms with van der Waals surface area (Å²) in [4.78, 5) is 14.4. The predicted octanol–water partition coefficient (Wildman–Crippen LogP) is 1.70. The fourth-order valence-corrected chi connectivity index (χ4v) is 2.59. The van der Waals surface area contributed by atoms with Gasteiger partial charge in [0.2, 0.25) is 5.78 Å². The summed E-state index contributed by atoms with van der Waals surface area (Å²) in [6.07, 6.45) is -0.218. The standard InChI is InChI=1S/C16H19NO4/c1-11-10-20-13(9-18)7-17(11)8-14(19)16-6-12-4-2-3-5-15(12)21-16/h2-6,11,13,18H,7-10H2,1H3. The topological polar surface area (TPSA) is 62.9 Å². The smallest absolute Gasteiger partial charge is 0.211 e. The molecule has 1 aromatic carbocycles. The SMILES string of the molecule is CC1COC(CO)CN1CC(=O)c1cc2ccccc2o1. The van der Waals surface area contributed by atoms with E-state index in [9.17, 15) is 9.90 Å². The number of hydrogen-bond acceptors (Lipinski definition) is 5. The molecule has 2 heterocycles. The molecule has 1 aliphatic heterocycles. The first-order chi connectivity index (χ1) is 10.2. The number of fused-ring (bicyclic) bond motifs is 1.